The molecule has 6 aliphatic rings. The van der Waals surface area contributed by atoms with Crippen molar-refractivity contribution >= 4 is 62.9 Å². The third kappa shape index (κ3) is 5.18. The van der Waals surface area contributed by atoms with Crippen molar-refractivity contribution in [3.05, 3.63) is 144 Å². The summed E-state index contributed by atoms with van der Waals surface area (Å²) in [5.74, 6) is 0. The molecule has 0 amide bonds. The molecule has 0 aromatic heterocycles. The molecule has 4 atom stereocenters. The molecule has 0 N–H and O–H groups in total. The molecular formula is C60H66BN3. The molecule has 6 aromatic carbocycles. The summed E-state index contributed by atoms with van der Waals surface area (Å²) in [6.45, 7) is 24.7. The summed E-state index contributed by atoms with van der Waals surface area (Å²) in [6.07, 6.45) is 9.83. The van der Waals surface area contributed by atoms with E-state index in [0.717, 1.165) is 6.42 Å². The fourth-order valence-corrected chi connectivity index (χ4v) is 14.2. The van der Waals surface area contributed by atoms with Crippen molar-refractivity contribution < 1.29 is 0 Å². The smallest absolute Gasteiger partial charge is 0.252 e. The highest BCUT2D eigenvalue weighted by Gasteiger charge is 2.62. The van der Waals surface area contributed by atoms with E-state index in [0.29, 0.717) is 0 Å². The number of fused-ring (bicyclic) bond motifs is 10. The van der Waals surface area contributed by atoms with Crippen LogP contribution in [0.25, 0.3) is 11.1 Å². The van der Waals surface area contributed by atoms with Crippen LogP contribution in [-0.2, 0) is 21.7 Å². The minimum absolute atomic E-state index is 0.00266. The molecule has 4 heterocycles. The van der Waals surface area contributed by atoms with Gasteiger partial charge in [-0.1, -0.05) is 160 Å². The van der Waals surface area contributed by atoms with E-state index in [4.69, 9.17) is 0 Å². The first-order chi connectivity index (χ1) is 30.5. The van der Waals surface area contributed by atoms with Gasteiger partial charge in [0, 0.05) is 50.6 Å². The molecule has 2 aliphatic carbocycles. The molecule has 2 saturated carbocycles. The molecule has 6 aromatic rings. The van der Waals surface area contributed by atoms with Gasteiger partial charge in [0.25, 0.3) is 6.71 Å². The Labute approximate surface area is 384 Å². The molecule has 324 valence electrons. The number of hydrogen-bond acceptors (Lipinski definition) is 3. The molecule has 0 spiro atoms. The summed E-state index contributed by atoms with van der Waals surface area (Å²) >= 11 is 0. The van der Waals surface area contributed by atoms with Gasteiger partial charge in [0.1, 0.15) is 0 Å². The third-order valence-corrected chi connectivity index (χ3v) is 18.2. The van der Waals surface area contributed by atoms with Crippen LogP contribution in [-0.4, -0.2) is 17.8 Å². The predicted molar refractivity (Wildman–Crippen MR) is 274 cm³/mol. The van der Waals surface area contributed by atoms with E-state index < -0.39 is 0 Å². The fraction of sp³-hybridized carbons (Fsp3) is 0.400. The zero-order chi connectivity index (χ0) is 44.3. The Morgan fingerprint density at radius 1 is 0.453 bits per heavy atom. The molecule has 4 aliphatic heterocycles. The maximum atomic E-state index is 2.92. The van der Waals surface area contributed by atoms with Gasteiger partial charge in [0.15, 0.2) is 0 Å². The van der Waals surface area contributed by atoms with Gasteiger partial charge in [0.2, 0.25) is 0 Å². The summed E-state index contributed by atoms with van der Waals surface area (Å²) in [4.78, 5) is 8.47. The Bertz CT molecular complexity index is 2920. The van der Waals surface area contributed by atoms with Gasteiger partial charge >= 0.3 is 0 Å². The number of anilines is 7. The van der Waals surface area contributed by atoms with E-state index in [9.17, 15) is 0 Å². The van der Waals surface area contributed by atoms with Crippen LogP contribution in [0.4, 0.5) is 39.8 Å². The number of para-hydroxylation sites is 1. The van der Waals surface area contributed by atoms with E-state index in [1.165, 1.54) is 129 Å². The summed E-state index contributed by atoms with van der Waals surface area (Å²) < 4.78 is 0. The van der Waals surface area contributed by atoms with Gasteiger partial charge in [-0.15, -0.1) is 0 Å². The number of rotatable bonds is 3. The quantitative estimate of drug-likeness (QED) is 0.164. The molecule has 0 radical (unpaired) electrons. The number of hydrogen-bond donors (Lipinski definition) is 0. The lowest BCUT2D eigenvalue weighted by Crippen LogP contribution is -2.64. The largest absolute Gasteiger partial charge is 0.335 e. The van der Waals surface area contributed by atoms with Crippen LogP contribution in [0, 0.1) is 0 Å². The second-order valence-corrected chi connectivity index (χ2v) is 23.6. The molecule has 2 fully saturated rings. The van der Waals surface area contributed by atoms with E-state index in [1.54, 1.807) is 5.56 Å². The highest BCUT2D eigenvalue weighted by Crippen LogP contribution is 2.65. The molecule has 0 bridgehead atoms. The molecule has 4 unspecified atom stereocenters. The van der Waals surface area contributed by atoms with Gasteiger partial charge in [-0.3, -0.25) is 0 Å². The van der Waals surface area contributed by atoms with E-state index >= 15 is 0 Å². The van der Waals surface area contributed by atoms with Crippen molar-refractivity contribution in [1.29, 1.82) is 0 Å². The van der Waals surface area contributed by atoms with Gasteiger partial charge in [-0.05, 0) is 143 Å². The lowest BCUT2D eigenvalue weighted by Gasteiger charge is -2.54. The van der Waals surface area contributed by atoms with E-state index in [1.807, 2.05) is 0 Å². The normalized spacial score (nSPS) is 26.2. The fourth-order valence-electron chi connectivity index (χ4n) is 14.2. The maximum Gasteiger partial charge on any atom is 0.252 e. The molecular weight excluding hydrogens is 773 g/mol. The Hall–Kier alpha value is -5.22. The topological polar surface area (TPSA) is 9.72 Å². The second kappa shape index (κ2) is 13.2. The van der Waals surface area contributed by atoms with Crippen LogP contribution >= 0.6 is 0 Å². The summed E-state index contributed by atoms with van der Waals surface area (Å²) in [5.41, 5.74) is 22.2. The van der Waals surface area contributed by atoms with Gasteiger partial charge in [-0.25, -0.2) is 0 Å². The number of nitrogens with zero attached hydrogens (tertiary/aromatic N) is 3. The van der Waals surface area contributed by atoms with Crippen molar-refractivity contribution in [2.24, 2.45) is 0 Å². The second-order valence-electron chi connectivity index (χ2n) is 23.6. The Morgan fingerprint density at radius 3 is 1.81 bits per heavy atom. The first kappa shape index (κ1) is 40.3. The van der Waals surface area contributed by atoms with Crippen molar-refractivity contribution in [3.63, 3.8) is 0 Å². The first-order valence-electron chi connectivity index (χ1n) is 24.6. The van der Waals surface area contributed by atoms with Crippen LogP contribution in [0.1, 0.15) is 143 Å². The maximum absolute atomic E-state index is 2.92. The van der Waals surface area contributed by atoms with Gasteiger partial charge in [0.05, 0.1) is 11.1 Å². The molecule has 12 rings (SSSR count). The molecule has 3 nitrogen and oxygen atoms in total. The van der Waals surface area contributed by atoms with Crippen LogP contribution < -0.4 is 31.1 Å². The van der Waals surface area contributed by atoms with Gasteiger partial charge < -0.3 is 14.7 Å². The van der Waals surface area contributed by atoms with Crippen LogP contribution in [0.5, 0.6) is 0 Å². The highest BCUT2D eigenvalue weighted by molar-refractivity contribution is 7.00. The van der Waals surface area contributed by atoms with Crippen LogP contribution in [0.2, 0.25) is 0 Å². The predicted octanol–water partition coefficient (Wildman–Crippen LogP) is 14.0. The molecule has 4 heteroatoms. The van der Waals surface area contributed by atoms with Crippen molar-refractivity contribution in [1.82, 2.24) is 0 Å². The van der Waals surface area contributed by atoms with E-state index in [-0.39, 0.29) is 39.5 Å². The number of benzene rings is 6. The van der Waals surface area contributed by atoms with Gasteiger partial charge in [-0.2, -0.15) is 0 Å². The summed E-state index contributed by atoms with van der Waals surface area (Å²) in [5, 5.41) is 0. The SMILES string of the molecule is CC(C)(C)c1cccc(N2c3cc(C(C)(C)C)ccc3B3c4cccc5c4N(c4cc(N6c7ccc(-c8ccccc8)cc7C7(C)CCCCC67C)cc2c43)C2(C)CCCCC52C)c1. The molecule has 0 saturated heterocycles. The monoisotopic (exact) mass is 840 g/mol. The Morgan fingerprint density at radius 2 is 1.09 bits per heavy atom. The van der Waals surface area contributed by atoms with E-state index in [2.05, 4.69) is 205 Å². The third-order valence-electron chi connectivity index (χ3n) is 18.2. The average Bonchev–Trinajstić information content (AvgIpc) is 3.62. The first-order valence-corrected chi connectivity index (χ1v) is 24.6. The zero-order valence-electron chi connectivity index (χ0n) is 40.1. The standard InChI is InChI=1S/C60H66BN3/c1-55(2,3)41-22-18-23-43(35-41)62-50-36-42(56(4,5)6)27-28-47(50)61-48-25-19-24-45-54(48)64(60(10)33-17-14-30-57(45,60)7)52-38-44(37-51(62)53(52)61)63-49-29-26-40(39-20-12-11-13-21-39)34-46(49)58(8)31-15-16-32-59(58,63)9/h11-13,18-29,34-38H,14-17,30-33H2,1-10H3. The highest BCUT2D eigenvalue weighted by atomic mass is 15.3. The lowest BCUT2D eigenvalue weighted by molar-refractivity contribution is 0.194. The summed E-state index contributed by atoms with van der Waals surface area (Å²) in [7, 11) is 0. The molecule has 64 heavy (non-hydrogen) atoms. The van der Waals surface area contributed by atoms with Crippen molar-refractivity contribution in [3.8, 4) is 11.1 Å². The average molecular weight is 840 g/mol. The zero-order valence-corrected chi connectivity index (χ0v) is 40.1. The summed E-state index contributed by atoms with van der Waals surface area (Å²) in [6, 6.07) is 48.2. The lowest BCUT2D eigenvalue weighted by atomic mass is 9.33. The van der Waals surface area contributed by atoms with Crippen molar-refractivity contribution in [2.75, 3.05) is 14.7 Å². The Kier molecular flexibility index (Phi) is 8.32. The van der Waals surface area contributed by atoms with Crippen molar-refractivity contribution in [2.45, 2.75) is 153 Å². The Balaban J connectivity index is 1.19. The van der Waals surface area contributed by atoms with Crippen LogP contribution in [0.3, 0.4) is 0 Å². The van der Waals surface area contributed by atoms with Crippen LogP contribution in [0.15, 0.2) is 121 Å². The minimum Gasteiger partial charge on any atom is -0.335 e. The minimum atomic E-state index is -0.0990.